The molecule has 4 rings (SSSR count). The van der Waals surface area contributed by atoms with Gasteiger partial charge in [-0.3, -0.25) is 4.98 Å². The van der Waals surface area contributed by atoms with Crippen LogP contribution in [0.4, 0.5) is 19.0 Å². The van der Waals surface area contributed by atoms with Crippen LogP contribution in [0.5, 0.6) is 0 Å². The molecular formula is C22H17F3N6. The van der Waals surface area contributed by atoms with Crippen molar-refractivity contribution in [3.05, 3.63) is 84.2 Å². The number of aromatic nitrogens is 5. The average Bonchev–Trinajstić information content (AvgIpc) is 2.79. The molecule has 0 fully saturated rings. The van der Waals surface area contributed by atoms with Gasteiger partial charge in [-0.1, -0.05) is 12.1 Å². The van der Waals surface area contributed by atoms with Gasteiger partial charge in [0.2, 0.25) is 0 Å². The second-order valence-electron chi connectivity index (χ2n) is 6.81. The van der Waals surface area contributed by atoms with E-state index in [9.17, 15) is 13.2 Å². The smallest absolute Gasteiger partial charge is 0.363 e. The Labute approximate surface area is 176 Å². The molecule has 0 amide bonds. The zero-order chi connectivity index (χ0) is 21.8. The van der Waals surface area contributed by atoms with Gasteiger partial charge >= 0.3 is 6.18 Å². The number of nitrogens with zero attached hydrogens (tertiary/aromatic N) is 5. The van der Waals surface area contributed by atoms with E-state index in [1.807, 2.05) is 6.92 Å². The van der Waals surface area contributed by atoms with Gasteiger partial charge in [-0.2, -0.15) is 13.2 Å². The Hall–Kier alpha value is -3.88. The second-order valence-corrected chi connectivity index (χ2v) is 6.81. The summed E-state index contributed by atoms with van der Waals surface area (Å²) in [4.78, 5) is 21.5. The maximum Gasteiger partial charge on any atom is 0.416 e. The number of pyridine rings is 1. The minimum Gasteiger partial charge on any atom is -0.363 e. The highest BCUT2D eigenvalue weighted by molar-refractivity contribution is 5.67. The highest BCUT2D eigenvalue weighted by Crippen LogP contribution is 2.32. The molecule has 4 aromatic rings. The average molecular weight is 422 g/mol. The maximum atomic E-state index is 13.2. The van der Waals surface area contributed by atoms with E-state index in [-0.39, 0.29) is 0 Å². The third-order valence-electron chi connectivity index (χ3n) is 4.39. The third-order valence-corrected chi connectivity index (χ3v) is 4.39. The summed E-state index contributed by atoms with van der Waals surface area (Å²) >= 11 is 0. The van der Waals surface area contributed by atoms with Gasteiger partial charge < -0.3 is 5.32 Å². The van der Waals surface area contributed by atoms with Crippen LogP contribution in [0.3, 0.4) is 0 Å². The van der Waals surface area contributed by atoms with E-state index < -0.39 is 11.7 Å². The molecule has 3 heterocycles. The molecule has 0 saturated carbocycles. The lowest BCUT2D eigenvalue weighted by atomic mass is 10.1. The number of hydrogen-bond donors (Lipinski definition) is 1. The second kappa shape index (κ2) is 8.47. The number of benzene rings is 1. The summed E-state index contributed by atoms with van der Waals surface area (Å²) in [5, 5.41) is 3.13. The number of hydrogen-bond acceptors (Lipinski definition) is 6. The van der Waals surface area contributed by atoms with Gasteiger partial charge in [0.15, 0.2) is 5.82 Å². The topological polar surface area (TPSA) is 76.5 Å². The first-order valence-corrected chi connectivity index (χ1v) is 9.37. The fraction of sp³-hybridized carbons (Fsp3) is 0.136. The van der Waals surface area contributed by atoms with Gasteiger partial charge in [0.05, 0.1) is 17.8 Å². The Kier molecular flexibility index (Phi) is 5.57. The lowest BCUT2D eigenvalue weighted by Gasteiger charge is -2.12. The molecule has 156 valence electrons. The van der Waals surface area contributed by atoms with Crippen molar-refractivity contribution in [2.24, 2.45) is 0 Å². The van der Waals surface area contributed by atoms with E-state index >= 15 is 0 Å². The molecule has 6 nitrogen and oxygen atoms in total. The summed E-state index contributed by atoms with van der Waals surface area (Å²) in [6, 6.07) is 10.2. The molecule has 1 aromatic carbocycles. The van der Waals surface area contributed by atoms with Crippen LogP contribution in [-0.2, 0) is 12.7 Å². The molecule has 1 N–H and O–H groups in total. The number of alkyl halides is 3. The number of rotatable bonds is 5. The van der Waals surface area contributed by atoms with Crippen molar-refractivity contribution in [1.82, 2.24) is 24.9 Å². The lowest BCUT2D eigenvalue weighted by molar-refractivity contribution is -0.137. The van der Waals surface area contributed by atoms with Gasteiger partial charge in [0.25, 0.3) is 0 Å². The molecule has 0 spiro atoms. The van der Waals surface area contributed by atoms with Crippen molar-refractivity contribution in [3.8, 4) is 22.6 Å². The molecular weight excluding hydrogens is 405 g/mol. The largest absolute Gasteiger partial charge is 0.416 e. The van der Waals surface area contributed by atoms with Crippen LogP contribution in [-0.4, -0.2) is 24.9 Å². The van der Waals surface area contributed by atoms with Crippen LogP contribution in [0.25, 0.3) is 22.6 Å². The first kappa shape index (κ1) is 20.4. The molecule has 0 aliphatic rings. The number of aryl methyl sites for hydroxylation is 1. The van der Waals surface area contributed by atoms with Crippen molar-refractivity contribution >= 4 is 5.82 Å². The maximum absolute atomic E-state index is 13.2. The third kappa shape index (κ3) is 5.00. The van der Waals surface area contributed by atoms with E-state index in [1.165, 1.54) is 6.07 Å². The molecule has 0 radical (unpaired) electrons. The molecule has 3 aromatic heterocycles. The highest BCUT2D eigenvalue weighted by Gasteiger charge is 2.30. The summed E-state index contributed by atoms with van der Waals surface area (Å²) in [6.07, 6.45) is 2.18. The first-order valence-electron chi connectivity index (χ1n) is 9.37. The van der Waals surface area contributed by atoms with E-state index in [1.54, 1.807) is 49.1 Å². The summed E-state index contributed by atoms with van der Waals surface area (Å²) < 4.78 is 39.5. The van der Waals surface area contributed by atoms with Crippen LogP contribution < -0.4 is 5.32 Å². The SMILES string of the molecule is Cc1cnc(CNc2cc(-c3cccc(C(F)(F)F)c3)nc(-c3cccnc3)n2)nc1. The van der Waals surface area contributed by atoms with Gasteiger partial charge in [-0.15, -0.1) is 0 Å². The Balaban J connectivity index is 1.72. The standard InChI is InChI=1S/C22H17F3N6/c1-14-10-27-20(28-11-14)13-29-19-9-18(15-4-2-6-17(8-15)22(23,24)25)30-21(31-19)16-5-3-7-26-12-16/h2-12H,13H2,1H3,(H,29,30,31). The molecule has 9 heteroatoms. The molecule has 0 atom stereocenters. The van der Waals surface area contributed by atoms with Crippen LogP contribution >= 0.6 is 0 Å². The fourth-order valence-corrected chi connectivity index (χ4v) is 2.84. The molecule has 0 aliphatic heterocycles. The van der Waals surface area contributed by atoms with Gasteiger partial charge in [-0.05, 0) is 36.8 Å². The zero-order valence-corrected chi connectivity index (χ0v) is 16.4. The summed E-state index contributed by atoms with van der Waals surface area (Å²) in [5.41, 5.74) is 1.53. The Morgan fingerprint density at radius 2 is 1.68 bits per heavy atom. The molecule has 0 bridgehead atoms. The van der Waals surface area contributed by atoms with Crippen LogP contribution in [0.1, 0.15) is 17.0 Å². The minimum atomic E-state index is -4.45. The predicted octanol–water partition coefficient (Wildman–Crippen LogP) is 4.93. The van der Waals surface area contributed by atoms with E-state index in [4.69, 9.17) is 0 Å². The summed E-state index contributed by atoms with van der Waals surface area (Å²) in [5.74, 6) is 1.34. The summed E-state index contributed by atoms with van der Waals surface area (Å²) in [7, 11) is 0. The fourth-order valence-electron chi connectivity index (χ4n) is 2.84. The summed E-state index contributed by atoms with van der Waals surface area (Å²) in [6.45, 7) is 2.19. The van der Waals surface area contributed by atoms with Crippen LogP contribution in [0, 0.1) is 6.92 Å². The number of anilines is 1. The van der Waals surface area contributed by atoms with Crippen molar-refractivity contribution in [2.45, 2.75) is 19.6 Å². The Morgan fingerprint density at radius 1 is 0.903 bits per heavy atom. The van der Waals surface area contributed by atoms with Crippen molar-refractivity contribution in [3.63, 3.8) is 0 Å². The Morgan fingerprint density at radius 3 is 2.39 bits per heavy atom. The van der Waals surface area contributed by atoms with Gasteiger partial charge in [0.1, 0.15) is 11.6 Å². The van der Waals surface area contributed by atoms with Crippen LogP contribution in [0.2, 0.25) is 0 Å². The van der Waals surface area contributed by atoms with Crippen molar-refractivity contribution in [1.29, 1.82) is 0 Å². The zero-order valence-electron chi connectivity index (χ0n) is 16.4. The monoisotopic (exact) mass is 422 g/mol. The van der Waals surface area contributed by atoms with Crippen LogP contribution in [0.15, 0.2) is 67.3 Å². The van der Waals surface area contributed by atoms with Crippen molar-refractivity contribution < 1.29 is 13.2 Å². The van der Waals surface area contributed by atoms with Gasteiger partial charge in [0, 0.05) is 42.0 Å². The number of halogens is 3. The molecule has 0 aliphatic carbocycles. The first-order chi connectivity index (χ1) is 14.9. The van der Waals surface area contributed by atoms with Crippen molar-refractivity contribution in [2.75, 3.05) is 5.32 Å². The highest BCUT2D eigenvalue weighted by atomic mass is 19.4. The molecule has 0 saturated heterocycles. The normalized spacial score (nSPS) is 11.4. The van der Waals surface area contributed by atoms with E-state index in [0.717, 1.165) is 17.7 Å². The lowest BCUT2D eigenvalue weighted by Crippen LogP contribution is -2.07. The van der Waals surface area contributed by atoms with Gasteiger partial charge in [-0.25, -0.2) is 19.9 Å². The number of nitrogens with one attached hydrogen (secondary N) is 1. The molecule has 31 heavy (non-hydrogen) atoms. The Bertz CT molecular complexity index is 1180. The minimum absolute atomic E-state index is 0.297. The predicted molar refractivity (Wildman–Crippen MR) is 110 cm³/mol. The molecule has 0 unspecified atom stereocenters. The quantitative estimate of drug-likeness (QED) is 0.491. The van der Waals surface area contributed by atoms with E-state index in [2.05, 4.69) is 30.2 Å². The van der Waals surface area contributed by atoms with E-state index in [0.29, 0.717) is 40.8 Å².